The van der Waals surface area contributed by atoms with Crippen LogP contribution in [0.2, 0.25) is 0 Å². The van der Waals surface area contributed by atoms with Gasteiger partial charge in [-0.25, -0.2) is 0 Å². The second kappa shape index (κ2) is 5.66. The Balaban J connectivity index is 2.12. The third-order valence-corrected chi connectivity index (χ3v) is 3.09. The smallest absolute Gasteiger partial charge is 0.166 e. The Hall–Kier alpha value is -0.350. The molecule has 1 aliphatic carbocycles. The molecule has 0 amide bonds. The zero-order valence-electron chi connectivity index (χ0n) is 9.93. The quantitative estimate of drug-likeness (QED) is 0.537. The van der Waals surface area contributed by atoms with Crippen molar-refractivity contribution in [2.24, 2.45) is 5.92 Å². The van der Waals surface area contributed by atoms with Crippen molar-refractivity contribution in [2.45, 2.75) is 38.6 Å². The number of hydrogen-bond acceptors (Lipinski definition) is 2. The topological polar surface area (TPSA) is 33.3 Å². The number of rotatable bonds is 6. The van der Waals surface area contributed by atoms with Gasteiger partial charge in [-0.05, 0) is 51.2 Å². The number of ether oxygens (including phenoxy) is 1. The Labute approximate surface area is 98.0 Å². The van der Waals surface area contributed by atoms with E-state index in [4.69, 9.17) is 17.0 Å². The van der Waals surface area contributed by atoms with Crippen LogP contribution in [0.1, 0.15) is 33.1 Å². The van der Waals surface area contributed by atoms with E-state index in [0.717, 1.165) is 30.6 Å². The van der Waals surface area contributed by atoms with Crippen LogP contribution < -0.4 is 10.6 Å². The average Bonchev–Trinajstić information content (AvgIpc) is 2.94. The predicted molar refractivity (Wildman–Crippen MR) is 67.0 cm³/mol. The van der Waals surface area contributed by atoms with Gasteiger partial charge in [0.1, 0.15) is 0 Å². The van der Waals surface area contributed by atoms with Crippen LogP contribution in [0.3, 0.4) is 0 Å². The summed E-state index contributed by atoms with van der Waals surface area (Å²) in [6, 6.07) is 0. The SMILES string of the molecule is COCCCNC(=S)NC(C)(C)C1CC1. The van der Waals surface area contributed by atoms with Gasteiger partial charge in [-0.2, -0.15) is 0 Å². The molecule has 15 heavy (non-hydrogen) atoms. The molecule has 4 heteroatoms. The van der Waals surface area contributed by atoms with Gasteiger partial charge >= 0.3 is 0 Å². The van der Waals surface area contributed by atoms with Gasteiger partial charge in [0.2, 0.25) is 0 Å². The van der Waals surface area contributed by atoms with Crippen molar-refractivity contribution in [1.82, 2.24) is 10.6 Å². The van der Waals surface area contributed by atoms with Crippen molar-refractivity contribution < 1.29 is 4.74 Å². The maximum atomic E-state index is 5.24. The first kappa shape index (κ1) is 12.7. The highest BCUT2D eigenvalue weighted by atomic mass is 32.1. The maximum Gasteiger partial charge on any atom is 0.166 e. The van der Waals surface area contributed by atoms with Gasteiger partial charge in [0.15, 0.2) is 5.11 Å². The van der Waals surface area contributed by atoms with E-state index in [1.54, 1.807) is 7.11 Å². The molecule has 1 fully saturated rings. The number of thiocarbonyl (C=S) groups is 1. The lowest BCUT2D eigenvalue weighted by molar-refractivity contribution is 0.195. The molecule has 0 heterocycles. The Kier molecular flexibility index (Phi) is 4.80. The molecule has 0 aromatic heterocycles. The molecule has 1 rings (SSSR count). The second-order valence-corrected chi connectivity index (χ2v) is 5.13. The molecule has 0 aromatic carbocycles. The van der Waals surface area contributed by atoms with Crippen molar-refractivity contribution in [3.05, 3.63) is 0 Å². The van der Waals surface area contributed by atoms with E-state index in [1.807, 2.05) is 0 Å². The van der Waals surface area contributed by atoms with E-state index < -0.39 is 0 Å². The molecule has 1 saturated carbocycles. The molecular formula is C11H22N2OS. The molecule has 0 atom stereocenters. The van der Waals surface area contributed by atoms with Gasteiger partial charge in [-0.1, -0.05) is 0 Å². The fourth-order valence-corrected chi connectivity index (χ4v) is 2.03. The highest BCUT2D eigenvalue weighted by Gasteiger charge is 2.37. The van der Waals surface area contributed by atoms with Crippen LogP contribution in [0.25, 0.3) is 0 Å². The summed E-state index contributed by atoms with van der Waals surface area (Å²) in [5.74, 6) is 0.788. The highest BCUT2D eigenvalue weighted by Crippen LogP contribution is 2.39. The van der Waals surface area contributed by atoms with E-state index in [9.17, 15) is 0 Å². The molecule has 1 aliphatic rings. The average molecular weight is 230 g/mol. The fourth-order valence-electron chi connectivity index (χ4n) is 1.66. The first-order valence-corrected chi connectivity index (χ1v) is 6.02. The molecule has 0 saturated heterocycles. The second-order valence-electron chi connectivity index (χ2n) is 4.72. The van der Waals surface area contributed by atoms with E-state index in [-0.39, 0.29) is 5.54 Å². The number of hydrogen-bond donors (Lipinski definition) is 2. The zero-order valence-corrected chi connectivity index (χ0v) is 10.7. The monoisotopic (exact) mass is 230 g/mol. The summed E-state index contributed by atoms with van der Waals surface area (Å²) in [6.07, 6.45) is 3.64. The van der Waals surface area contributed by atoms with E-state index in [2.05, 4.69) is 24.5 Å². The Morgan fingerprint density at radius 2 is 2.13 bits per heavy atom. The summed E-state index contributed by atoms with van der Waals surface area (Å²) in [5, 5.41) is 7.34. The Morgan fingerprint density at radius 3 is 2.67 bits per heavy atom. The van der Waals surface area contributed by atoms with Crippen molar-refractivity contribution in [3.8, 4) is 0 Å². The van der Waals surface area contributed by atoms with Crippen molar-refractivity contribution in [3.63, 3.8) is 0 Å². The van der Waals surface area contributed by atoms with Crippen LogP contribution in [-0.4, -0.2) is 30.9 Å². The predicted octanol–water partition coefficient (Wildman–Crippen LogP) is 1.68. The zero-order chi connectivity index (χ0) is 11.3. The summed E-state index contributed by atoms with van der Waals surface area (Å²) in [4.78, 5) is 0. The molecule has 0 aromatic rings. The first-order valence-electron chi connectivity index (χ1n) is 5.61. The summed E-state index contributed by atoms with van der Waals surface area (Å²) in [6.45, 7) is 6.09. The van der Waals surface area contributed by atoms with Crippen LogP contribution >= 0.6 is 12.2 Å². The molecule has 0 aliphatic heterocycles. The van der Waals surface area contributed by atoms with Gasteiger partial charge in [-0.3, -0.25) is 0 Å². The fraction of sp³-hybridized carbons (Fsp3) is 0.909. The Morgan fingerprint density at radius 1 is 1.47 bits per heavy atom. The van der Waals surface area contributed by atoms with E-state index in [1.165, 1.54) is 12.8 Å². The van der Waals surface area contributed by atoms with Gasteiger partial charge in [-0.15, -0.1) is 0 Å². The maximum absolute atomic E-state index is 5.24. The lowest BCUT2D eigenvalue weighted by atomic mass is 9.99. The van der Waals surface area contributed by atoms with E-state index >= 15 is 0 Å². The van der Waals surface area contributed by atoms with Crippen LogP contribution in [0, 0.1) is 5.92 Å². The lowest BCUT2D eigenvalue weighted by Gasteiger charge is -2.28. The minimum atomic E-state index is 0.144. The Bertz CT molecular complexity index is 215. The van der Waals surface area contributed by atoms with Crippen LogP contribution in [-0.2, 0) is 4.74 Å². The summed E-state index contributed by atoms with van der Waals surface area (Å²) in [7, 11) is 1.72. The standard InChI is InChI=1S/C11H22N2OS/c1-11(2,9-5-6-9)13-10(15)12-7-4-8-14-3/h9H,4-8H2,1-3H3,(H2,12,13,15). The third kappa shape index (κ3) is 4.80. The normalized spacial score (nSPS) is 16.2. The molecular weight excluding hydrogens is 208 g/mol. The molecule has 0 unspecified atom stereocenters. The molecule has 3 nitrogen and oxygen atoms in total. The summed E-state index contributed by atoms with van der Waals surface area (Å²) < 4.78 is 4.97. The molecule has 0 bridgehead atoms. The van der Waals surface area contributed by atoms with Crippen LogP contribution in [0.5, 0.6) is 0 Å². The summed E-state index contributed by atoms with van der Waals surface area (Å²) in [5.41, 5.74) is 0.144. The van der Waals surface area contributed by atoms with Gasteiger partial charge < -0.3 is 15.4 Å². The van der Waals surface area contributed by atoms with Gasteiger partial charge in [0.05, 0.1) is 0 Å². The largest absolute Gasteiger partial charge is 0.385 e. The number of nitrogens with one attached hydrogen (secondary N) is 2. The minimum absolute atomic E-state index is 0.144. The number of methoxy groups -OCH3 is 1. The first-order chi connectivity index (χ1) is 7.06. The van der Waals surface area contributed by atoms with Crippen molar-refractivity contribution >= 4 is 17.3 Å². The highest BCUT2D eigenvalue weighted by molar-refractivity contribution is 7.80. The van der Waals surface area contributed by atoms with Crippen molar-refractivity contribution in [1.29, 1.82) is 0 Å². The molecule has 0 spiro atoms. The molecule has 0 radical (unpaired) electrons. The molecule has 88 valence electrons. The lowest BCUT2D eigenvalue weighted by Crippen LogP contribution is -2.49. The summed E-state index contributed by atoms with van der Waals surface area (Å²) >= 11 is 5.24. The van der Waals surface area contributed by atoms with Crippen LogP contribution in [0.15, 0.2) is 0 Å². The minimum Gasteiger partial charge on any atom is -0.385 e. The third-order valence-electron chi connectivity index (χ3n) is 2.84. The molecule has 2 N–H and O–H groups in total. The van der Waals surface area contributed by atoms with Gasteiger partial charge in [0.25, 0.3) is 0 Å². The van der Waals surface area contributed by atoms with Crippen LogP contribution in [0.4, 0.5) is 0 Å². The van der Waals surface area contributed by atoms with E-state index in [0.29, 0.717) is 0 Å². The van der Waals surface area contributed by atoms with Gasteiger partial charge in [0, 0.05) is 25.8 Å². The van der Waals surface area contributed by atoms with Crippen molar-refractivity contribution in [2.75, 3.05) is 20.3 Å².